The van der Waals surface area contributed by atoms with Crippen LogP contribution in [0.5, 0.6) is 0 Å². The van der Waals surface area contributed by atoms with Gasteiger partial charge in [-0.05, 0) is 18.6 Å². The van der Waals surface area contributed by atoms with Crippen molar-refractivity contribution in [1.82, 2.24) is 9.55 Å². The van der Waals surface area contributed by atoms with Crippen LogP contribution < -0.4 is 5.56 Å². The molecule has 0 aliphatic rings. The summed E-state index contributed by atoms with van der Waals surface area (Å²) in [6.45, 7) is 1.91. The van der Waals surface area contributed by atoms with Crippen molar-refractivity contribution in [1.29, 1.82) is 0 Å². The summed E-state index contributed by atoms with van der Waals surface area (Å²) in [5.41, 5.74) is 1.15. The van der Waals surface area contributed by atoms with Gasteiger partial charge in [-0.3, -0.25) is 9.59 Å². The number of para-hydroxylation sites is 2. The van der Waals surface area contributed by atoms with Gasteiger partial charge < -0.3 is 4.57 Å². The molecule has 1 heterocycles. The Morgan fingerprint density at radius 3 is 2.76 bits per heavy atom. The molecule has 0 N–H and O–H groups in total. The minimum Gasteiger partial charge on any atom is -0.308 e. The van der Waals surface area contributed by atoms with E-state index in [1.807, 2.05) is 25.1 Å². The van der Waals surface area contributed by atoms with Gasteiger partial charge in [0.05, 0.1) is 11.0 Å². The summed E-state index contributed by atoms with van der Waals surface area (Å²) >= 11 is 0. The van der Waals surface area contributed by atoms with Crippen molar-refractivity contribution in [3.8, 4) is 0 Å². The second kappa shape index (κ2) is 4.49. The van der Waals surface area contributed by atoms with E-state index in [0.717, 1.165) is 11.9 Å². The van der Waals surface area contributed by atoms with Crippen LogP contribution in [0.3, 0.4) is 0 Å². The van der Waals surface area contributed by atoms with E-state index in [9.17, 15) is 9.59 Å². The molecule has 2 rings (SSSR count). The average Bonchev–Trinajstić information content (AvgIpc) is 2.34. The molecule has 0 aliphatic heterocycles. The van der Waals surface area contributed by atoms with Gasteiger partial charge in [0, 0.05) is 13.5 Å². The zero-order chi connectivity index (χ0) is 12.4. The zero-order valence-corrected chi connectivity index (χ0v) is 9.93. The third-order valence-electron chi connectivity index (χ3n) is 2.72. The van der Waals surface area contributed by atoms with Crippen LogP contribution in [0.2, 0.25) is 0 Å². The fourth-order valence-electron chi connectivity index (χ4n) is 1.81. The van der Waals surface area contributed by atoms with E-state index in [2.05, 4.69) is 4.98 Å². The normalized spacial score (nSPS) is 10.7. The second-order valence-corrected chi connectivity index (χ2v) is 3.99. The number of rotatable bonds is 3. The highest BCUT2D eigenvalue weighted by atomic mass is 16.1. The summed E-state index contributed by atoms with van der Waals surface area (Å²) in [4.78, 5) is 27.9. The molecule has 2 aromatic rings. The first kappa shape index (κ1) is 11.5. The second-order valence-electron chi connectivity index (χ2n) is 3.99. The van der Waals surface area contributed by atoms with Crippen LogP contribution in [0.15, 0.2) is 29.1 Å². The van der Waals surface area contributed by atoms with Crippen LogP contribution in [-0.2, 0) is 7.05 Å². The summed E-state index contributed by atoms with van der Waals surface area (Å²) in [6, 6.07) is 7.31. The summed E-state index contributed by atoms with van der Waals surface area (Å²) in [6.07, 6.45) is 1.08. The standard InChI is InChI=1S/C13H14N2O2/c1-3-6-11(16)12-13(17)15(2)10-8-5-4-7-9(10)14-12/h4-5,7-8H,3,6H2,1-2H3. The van der Waals surface area contributed by atoms with Crippen LogP contribution in [0.1, 0.15) is 30.3 Å². The Bertz CT molecular complexity index is 629. The molecule has 17 heavy (non-hydrogen) atoms. The molecule has 0 aliphatic carbocycles. The summed E-state index contributed by atoms with van der Waals surface area (Å²) in [5, 5.41) is 0. The summed E-state index contributed by atoms with van der Waals surface area (Å²) in [7, 11) is 1.66. The number of aromatic nitrogens is 2. The first-order valence-corrected chi connectivity index (χ1v) is 5.64. The number of nitrogens with zero attached hydrogens (tertiary/aromatic N) is 2. The Labute approximate surface area is 98.9 Å². The molecule has 1 aromatic heterocycles. The molecule has 0 fully saturated rings. The highest BCUT2D eigenvalue weighted by Gasteiger charge is 2.14. The van der Waals surface area contributed by atoms with Gasteiger partial charge in [-0.25, -0.2) is 4.98 Å². The number of hydrogen-bond acceptors (Lipinski definition) is 3. The quantitative estimate of drug-likeness (QED) is 0.757. The minimum atomic E-state index is -0.317. The van der Waals surface area contributed by atoms with Gasteiger partial charge in [0.2, 0.25) is 0 Å². The number of carbonyl (C=O) groups excluding carboxylic acids is 1. The van der Waals surface area contributed by atoms with E-state index in [1.165, 1.54) is 4.57 Å². The number of hydrogen-bond donors (Lipinski definition) is 0. The average molecular weight is 230 g/mol. The number of fused-ring (bicyclic) bond motifs is 1. The fourth-order valence-corrected chi connectivity index (χ4v) is 1.81. The lowest BCUT2D eigenvalue weighted by molar-refractivity contribution is 0.0975. The molecule has 0 atom stereocenters. The van der Waals surface area contributed by atoms with Crippen molar-refractivity contribution in [3.05, 3.63) is 40.3 Å². The molecule has 0 bridgehead atoms. The maximum absolute atomic E-state index is 12.0. The number of ketones is 1. The van der Waals surface area contributed by atoms with Crippen LogP contribution in [0.25, 0.3) is 11.0 Å². The Morgan fingerprint density at radius 1 is 1.35 bits per heavy atom. The number of Topliss-reactive ketones (excluding diaryl/α,β-unsaturated/α-hetero) is 1. The predicted octanol–water partition coefficient (Wildman–Crippen LogP) is 1.92. The molecule has 0 amide bonds. The van der Waals surface area contributed by atoms with Crippen molar-refractivity contribution < 1.29 is 4.79 Å². The third kappa shape index (κ3) is 1.98. The van der Waals surface area contributed by atoms with E-state index in [-0.39, 0.29) is 17.0 Å². The number of carbonyl (C=O) groups is 1. The Hall–Kier alpha value is -1.97. The molecular weight excluding hydrogens is 216 g/mol. The first-order valence-electron chi connectivity index (χ1n) is 5.64. The van der Waals surface area contributed by atoms with E-state index in [0.29, 0.717) is 11.9 Å². The van der Waals surface area contributed by atoms with E-state index < -0.39 is 0 Å². The monoisotopic (exact) mass is 230 g/mol. The van der Waals surface area contributed by atoms with E-state index in [1.54, 1.807) is 13.1 Å². The fraction of sp³-hybridized carbons (Fsp3) is 0.308. The minimum absolute atomic E-state index is 0.0491. The lowest BCUT2D eigenvalue weighted by Crippen LogP contribution is -2.26. The largest absolute Gasteiger partial charge is 0.308 e. The van der Waals surface area contributed by atoms with Crippen molar-refractivity contribution in [2.24, 2.45) is 7.05 Å². The molecule has 0 unspecified atom stereocenters. The molecule has 0 radical (unpaired) electrons. The summed E-state index contributed by atoms with van der Waals surface area (Å²) in [5.74, 6) is -0.182. The lowest BCUT2D eigenvalue weighted by Gasteiger charge is -2.06. The summed E-state index contributed by atoms with van der Waals surface area (Å²) < 4.78 is 1.48. The third-order valence-corrected chi connectivity index (χ3v) is 2.72. The maximum Gasteiger partial charge on any atom is 0.280 e. The molecule has 0 saturated carbocycles. The van der Waals surface area contributed by atoms with E-state index in [4.69, 9.17) is 0 Å². The number of aryl methyl sites for hydroxylation is 1. The maximum atomic E-state index is 12.0. The highest BCUT2D eigenvalue weighted by molar-refractivity contribution is 5.95. The molecule has 88 valence electrons. The predicted molar refractivity (Wildman–Crippen MR) is 66.2 cm³/mol. The molecule has 4 nitrogen and oxygen atoms in total. The van der Waals surface area contributed by atoms with Gasteiger partial charge in [-0.1, -0.05) is 19.1 Å². The van der Waals surface area contributed by atoms with Crippen molar-refractivity contribution in [2.45, 2.75) is 19.8 Å². The number of benzene rings is 1. The Morgan fingerprint density at radius 2 is 2.06 bits per heavy atom. The van der Waals surface area contributed by atoms with Crippen LogP contribution in [0.4, 0.5) is 0 Å². The van der Waals surface area contributed by atoms with Crippen molar-refractivity contribution >= 4 is 16.8 Å². The van der Waals surface area contributed by atoms with Crippen molar-refractivity contribution in [3.63, 3.8) is 0 Å². The van der Waals surface area contributed by atoms with Crippen LogP contribution in [0, 0.1) is 0 Å². The van der Waals surface area contributed by atoms with Gasteiger partial charge in [-0.15, -0.1) is 0 Å². The molecule has 4 heteroatoms. The van der Waals surface area contributed by atoms with Gasteiger partial charge in [0.1, 0.15) is 0 Å². The lowest BCUT2D eigenvalue weighted by atomic mass is 10.1. The highest BCUT2D eigenvalue weighted by Crippen LogP contribution is 2.09. The molecule has 0 saturated heterocycles. The van der Waals surface area contributed by atoms with Gasteiger partial charge in [0.25, 0.3) is 5.56 Å². The van der Waals surface area contributed by atoms with Crippen molar-refractivity contribution in [2.75, 3.05) is 0 Å². The molecule has 0 spiro atoms. The molecular formula is C13H14N2O2. The zero-order valence-electron chi connectivity index (χ0n) is 9.93. The first-order chi connectivity index (χ1) is 8.15. The SMILES string of the molecule is CCCC(=O)c1nc2ccccc2n(C)c1=O. The Kier molecular flexibility index (Phi) is 3.04. The topological polar surface area (TPSA) is 52.0 Å². The van der Waals surface area contributed by atoms with Gasteiger partial charge >= 0.3 is 0 Å². The molecule has 1 aromatic carbocycles. The van der Waals surface area contributed by atoms with Gasteiger partial charge in [0.15, 0.2) is 11.5 Å². The van der Waals surface area contributed by atoms with Crippen LogP contribution >= 0.6 is 0 Å². The Balaban J connectivity index is 2.70. The van der Waals surface area contributed by atoms with E-state index >= 15 is 0 Å². The van der Waals surface area contributed by atoms with Gasteiger partial charge in [-0.2, -0.15) is 0 Å². The smallest absolute Gasteiger partial charge is 0.280 e. The van der Waals surface area contributed by atoms with Crippen LogP contribution in [-0.4, -0.2) is 15.3 Å².